The van der Waals surface area contributed by atoms with E-state index in [1.165, 1.54) is 21.1 Å². The minimum Gasteiger partial charge on any atom is -0.0940 e. The van der Waals surface area contributed by atoms with Crippen LogP contribution in [0.2, 0.25) is 0 Å². The highest BCUT2D eigenvalue weighted by Crippen LogP contribution is 2.30. The lowest BCUT2D eigenvalue weighted by atomic mass is 10.4. The predicted molar refractivity (Wildman–Crippen MR) is 117 cm³/mol. The Kier molecular flexibility index (Phi) is 14.3. The molecule has 0 N–H and O–H groups in total. The SMILES string of the molecule is C=C/C(=C\C=C/C)[S+](c1ccccc1)c1ccccc1.CC.CCC. The molecule has 0 spiro atoms. The van der Waals surface area contributed by atoms with Gasteiger partial charge in [-0.1, -0.05) is 89.2 Å². The van der Waals surface area contributed by atoms with Gasteiger partial charge >= 0.3 is 0 Å². The molecule has 1 heteroatoms. The fourth-order valence-corrected chi connectivity index (χ4v) is 3.99. The highest BCUT2D eigenvalue weighted by Gasteiger charge is 2.28. The summed E-state index contributed by atoms with van der Waals surface area (Å²) in [5.74, 6) is 0. The first kappa shape index (κ1) is 23.0. The first-order valence-electron chi connectivity index (χ1n) is 9.08. The second kappa shape index (κ2) is 15.5. The van der Waals surface area contributed by atoms with Gasteiger partial charge < -0.3 is 0 Å². The van der Waals surface area contributed by atoms with Gasteiger partial charge in [0.1, 0.15) is 0 Å². The summed E-state index contributed by atoms with van der Waals surface area (Å²) < 4.78 is 0. The van der Waals surface area contributed by atoms with Gasteiger partial charge in [-0.15, -0.1) is 0 Å². The van der Waals surface area contributed by atoms with Crippen molar-refractivity contribution in [1.29, 1.82) is 0 Å². The van der Waals surface area contributed by atoms with Gasteiger partial charge in [0, 0.05) is 0 Å². The second-order valence-electron chi connectivity index (χ2n) is 4.94. The van der Waals surface area contributed by atoms with E-state index in [4.69, 9.17) is 0 Å². The summed E-state index contributed by atoms with van der Waals surface area (Å²) in [6.45, 7) is 14.3. The third-order valence-corrected chi connectivity index (χ3v) is 5.11. The zero-order valence-corrected chi connectivity index (χ0v) is 17.2. The maximum atomic E-state index is 3.99. The van der Waals surface area contributed by atoms with Crippen LogP contribution < -0.4 is 0 Å². The molecule has 0 saturated carbocycles. The van der Waals surface area contributed by atoms with E-state index >= 15 is 0 Å². The molecule has 0 heterocycles. The van der Waals surface area contributed by atoms with Crippen LogP contribution in [0.3, 0.4) is 0 Å². The van der Waals surface area contributed by atoms with Crippen LogP contribution in [0.1, 0.15) is 41.0 Å². The summed E-state index contributed by atoms with van der Waals surface area (Å²) in [6, 6.07) is 21.2. The van der Waals surface area contributed by atoms with E-state index in [1.807, 2.05) is 32.9 Å². The average Bonchev–Trinajstić information content (AvgIpc) is 2.68. The molecular formula is C24H33S+. The number of allylic oxidation sites excluding steroid dienone is 4. The summed E-state index contributed by atoms with van der Waals surface area (Å²) in [5.41, 5.74) is 0. The fourth-order valence-electron chi connectivity index (χ4n) is 1.93. The van der Waals surface area contributed by atoms with E-state index in [0.717, 1.165) is 0 Å². The molecule has 0 atom stereocenters. The summed E-state index contributed by atoms with van der Waals surface area (Å²) in [7, 11) is -0.0987. The third-order valence-electron chi connectivity index (χ3n) is 2.85. The van der Waals surface area contributed by atoms with E-state index in [9.17, 15) is 0 Å². The topological polar surface area (TPSA) is 0 Å². The molecule has 0 unspecified atom stereocenters. The van der Waals surface area contributed by atoms with Crippen molar-refractivity contribution in [3.05, 3.63) is 96.5 Å². The molecule has 0 aliphatic carbocycles. The minimum atomic E-state index is -0.0987. The summed E-state index contributed by atoms with van der Waals surface area (Å²) in [5, 5.41) is 0. The first-order valence-corrected chi connectivity index (χ1v) is 10.3. The maximum absolute atomic E-state index is 3.99. The molecule has 25 heavy (non-hydrogen) atoms. The van der Waals surface area contributed by atoms with Crippen molar-refractivity contribution in [3.63, 3.8) is 0 Å². The Morgan fingerprint density at radius 2 is 1.28 bits per heavy atom. The average molecular weight is 354 g/mol. The van der Waals surface area contributed by atoms with E-state index < -0.39 is 0 Å². The largest absolute Gasteiger partial charge is 0.166 e. The summed E-state index contributed by atoms with van der Waals surface area (Å²) in [4.78, 5) is 3.87. The lowest BCUT2D eigenvalue weighted by Gasteiger charge is -2.07. The van der Waals surface area contributed by atoms with Crippen molar-refractivity contribution in [3.8, 4) is 0 Å². The van der Waals surface area contributed by atoms with E-state index in [0.29, 0.717) is 0 Å². The third kappa shape index (κ3) is 8.60. The van der Waals surface area contributed by atoms with Crippen molar-refractivity contribution in [2.75, 3.05) is 0 Å². The van der Waals surface area contributed by atoms with E-state index in [-0.39, 0.29) is 10.9 Å². The van der Waals surface area contributed by atoms with Crippen LogP contribution in [0.4, 0.5) is 0 Å². The number of benzene rings is 2. The molecule has 0 nitrogen and oxygen atoms in total. The standard InChI is InChI=1S/C19H19S.C3H8.C2H6/c1-3-5-12-17(4-2)20(18-13-8-6-9-14-18)19-15-10-7-11-16-19;1-3-2;1-2/h3-16H,2H2,1H3;3H2,1-2H3;1-2H3/q+1;;/b5-3-,17-12+;;. The van der Waals surface area contributed by atoms with Gasteiger partial charge in [-0.2, -0.15) is 0 Å². The van der Waals surface area contributed by atoms with E-state index in [1.54, 1.807) is 0 Å². The number of hydrogen-bond acceptors (Lipinski definition) is 0. The molecule has 0 saturated heterocycles. The van der Waals surface area contributed by atoms with Crippen LogP contribution in [0.25, 0.3) is 0 Å². The minimum absolute atomic E-state index is 0.0987. The van der Waals surface area contributed by atoms with Gasteiger partial charge in [0.15, 0.2) is 14.7 Å². The molecular weight excluding hydrogens is 320 g/mol. The normalized spacial score (nSPS) is 10.6. The van der Waals surface area contributed by atoms with Crippen LogP contribution in [0, 0.1) is 0 Å². The number of rotatable bonds is 5. The zero-order valence-electron chi connectivity index (χ0n) is 16.4. The molecule has 0 fully saturated rings. The molecule has 0 radical (unpaired) electrons. The molecule has 0 aromatic heterocycles. The Bertz CT molecular complexity index is 570. The molecule has 2 aromatic carbocycles. The monoisotopic (exact) mass is 353 g/mol. The van der Waals surface area contributed by atoms with Crippen molar-refractivity contribution in [1.82, 2.24) is 0 Å². The fraction of sp³-hybridized carbons (Fsp3) is 0.250. The second-order valence-corrected chi connectivity index (χ2v) is 6.96. The molecule has 2 aromatic rings. The molecule has 0 amide bonds. The van der Waals surface area contributed by atoms with Crippen molar-refractivity contribution in [2.24, 2.45) is 0 Å². The van der Waals surface area contributed by atoms with Gasteiger partial charge in [0.05, 0.1) is 10.9 Å². The smallest absolute Gasteiger partial charge is 0.0940 e. The first-order chi connectivity index (χ1) is 12.3. The lowest BCUT2D eigenvalue weighted by Crippen LogP contribution is -2.05. The Hall–Kier alpha value is -1.99. The van der Waals surface area contributed by atoms with Gasteiger partial charge in [-0.25, -0.2) is 0 Å². The molecule has 0 aliphatic rings. The van der Waals surface area contributed by atoms with Crippen LogP contribution in [-0.2, 0) is 10.9 Å². The molecule has 0 bridgehead atoms. The Morgan fingerprint density at radius 1 is 0.880 bits per heavy atom. The Labute approximate surface area is 158 Å². The maximum Gasteiger partial charge on any atom is 0.166 e. The zero-order chi connectivity index (χ0) is 18.9. The van der Waals surface area contributed by atoms with Crippen LogP contribution in [-0.4, -0.2) is 0 Å². The molecule has 134 valence electrons. The van der Waals surface area contributed by atoms with Crippen LogP contribution in [0.15, 0.2) is 106 Å². The van der Waals surface area contributed by atoms with Crippen LogP contribution in [0.5, 0.6) is 0 Å². The van der Waals surface area contributed by atoms with Gasteiger partial charge in [-0.3, -0.25) is 0 Å². The highest BCUT2D eigenvalue weighted by atomic mass is 32.2. The lowest BCUT2D eigenvalue weighted by molar-refractivity contribution is 1.09. The Balaban J connectivity index is 0.00000104. The van der Waals surface area contributed by atoms with E-state index in [2.05, 4.69) is 93.2 Å². The van der Waals surface area contributed by atoms with Gasteiger partial charge in [0.2, 0.25) is 0 Å². The number of hydrogen-bond donors (Lipinski definition) is 0. The Morgan fingerprint density at radius 3 is 1.60 bits per heavy atom. The van der Waals surface area contributed by atoms with Gasteiger partial charge in [0.25, 0.3) is 0 Å². The quantitative estimate of drug-likeness (QED) is 0.380. The van der Waals surface area contributed by atoms with Crippen molar-refractivity contribution >= 4 is 10.9 Å². The van der Waals surface area contributed by atoms with Crippen molar-refractivity contribution < 1.29 is 0 Å². The highest BCUT2D eigenvalue weighted by molar-refractivity contribution is 8.00. The van der Waals surface area contributed by atoms with Gasteiger partial charge in [-0.05, 0) is 43.3 Å². The van der Waals surface area contributed by atoms with Crippen LogP contribution >= 0.6 is 0 Å². The summed E-state index contributed by atoms with van der Waals surface area (Å²) >= 11 is 0. The molecule has 0 aliphatic heterocycles. The predicted octanol–water partition coefficient (Wildman–Crippen LogP) is 7.81. The summed E-state index contributed by atoms with van der Waals surface area (Å²) in [6.07, 6.45) is 9.48. The van der Waals surface area contributed by atoms with Crippen molar-refractivity contribution in [2.45, 2.75) is 50.8 Å². The molecule has 2 rings (SSSR count).